The van der Waals surface area contributed by atoms with Gasteiger partial charge in [-0.1, -0.05) is 30.3 Å². The summed E-state index contributed by atoms with van der Waals surface area (Å²) in [4.78, 5) is 0. The molecule has 6 heteroatoms. The van der Waals surface area contributed by atoms with Gasteiger partial charge in [0.1, 0.15) is 0 Å². The number of aliphatic hydroxyl groups excluding tert-OH is 2. The zero-order chi connectivity index (χ0) is 18.2. The zero-order valence-electron chi connectivity index (χ0n) is 15.1. The van der Waals surface area contributed by atoms with Crippen LogP contribution in [0.4, 0.5) is 0 Å². The van der Waals surface area contributed by atoms with Crippen LogP contribution in [0.5, 0.6) is 0 Å². The van der Waals surface area contributed by atoms with E-state index in [1.807, 2.05) is 66.2 Å². The van der Waals surface area contributed by atoms with E-state index in [9.17, 15) is 0 Å². The summed E-state index contributed by atoms with van der Waals surface area (Å²) in [6.45, 7) is 3.32. The molecule has 0 saturated carbocycles. The number of benzene rings is 2. The van der Waals surface area contributed by atoms with Crippen LogP contribution in [0.25, 0.3) is 22.8 Å². The largest absolute Gasteiger partial charge is 0.393 e. The first-order chi connectivity index (χ1) is 12.0. The summed E-state index contributed by atoms with van der Waals surface area (Å²) in [5.41, 5.74) is 2.02. The van der Waals surface area contributed by atoms with Crippen LogP contribution in [0.15, 0.2) is 54.6 Å². The van der Waals surface area contributed by atoms with Gasteiger partial charge in [0.2, 0.25) is 0 Å². The fraction of sp³-hybridized carbons (Fsp3) is 0.300. The van der Waals surface area contributed by atoms with Gasteiger partial charge >= 0.3 is 0 Å². The van der Waals surface area contributed by atoms with Gasteiger partial charge in [-0.3, -0.25) is 0 Å². The van der Waals surface area contributed by atoms with Gasteiger partial charge < -0.3 is 14.8 Å². The van der Waals surface area contributed by atoms with Gasteiger partial charge in [0.05, 0.1) is 18.0 Å². The van der Waals surface area contributed by atoms with Crippen LogP contribution >= 0.6 is 0 Å². The Balaban J connectivity index is 0.000000366. The molecule has 0 saturated heterocycles. The number of rotatable bonds is 4. The van der Waals surface area contributed by atoms with Crippen LogP contribution in [0.1, 0.15) is 20.3 Å². The Hall–Kier alpha value is -1.85. The molecule has 2 N–H and O–H groups in total. The van der Waals surface area contributed by atoms with E-state index in [-0.39, 0.29) is 32.3 Å². The molecule has 2 aromatic carbocycles. The molecule has 3 aromatic rings. The van der Waals surface area contributed by atoms with Crippen molar-refractivity contribution >= 4 is 0 Å². The van der Waals surface area contributed by atoms with E-state index in [0.29, 0.717) is 6.42 Å². The van der Waals surface area contributed by atoms with E-state index < -0.39 is 0 Å². The van der Waals surface area contributed by atoms with Gasteiger partial charge in [-0.15, -0.1) is 41.0 Å². The molecule has 1 radical (unpaired) electrons. The van der Waals surface area contributed by atoms with E-state index in [1.165, 1.54) is 0 Å². The van der Waals surface area contributed by atoms with E-state index in [1.54, 1.807) is 13.8 Å². The zero-order valence-corrected chi connectivity index (χ0v) is 17.5. The molecule has 1 heterocycles. The van der Waals surface area contributed by atoms with Crippen LogP contribution in [0.2, 0.25) is 0 Å². The molecule has 0 amide bonds. The third-order valence-corrected chi connectivity index (χ3v) is 3.54. The Bertz CT molecular complexity index is 696. The molecule has 26 heavy (non-hydrogen) atoms. The summed E-state index contributed by atoms with van der Waals surface area (Å²) in [6.07, 6.45) is -0.278. The maximum absolute atomic E-state index is 8.56. The summed E-state index contributed by atoms with van der Waals surface area (Å²) >= 11 is 0. The molecule has 141 valence electrons. The Morgan fingerprint density at radius 2 is 1.50 bits per heavy atom. The predicted octanol–water partition coefficient (Wildman–Crippen LogP) is 3.08. The topological polar surface area (TPSA) is 71.2 Å². The SMILES string of the molecule is CC(O)CC(C)O.Cn1c(-c2[c-]cccc2)nnc1-c1ccccc1.[Ir]. The summed E-state index contributed by atoms with van der Waals surface area (Å²) < 4.78 is 1.99. The second-order valence-corrected chi connectivity index (χ2v) is 5.98. The van der Waals surface area contributed by atoms with Crippen molar-refractivity contribution in [2.75, 3.05) is 0 Å². The van der Waals surface area contributed by atoms with Crippen LogP contribution in [0, 0.1) is 6.07 Å². The molecule has 2 atom stereocenters. The Kier molecular flexibility index (Phi) is 9.38. The van der Waals surface area contributed by atoms with Crippen molar-refractivity contribution < 1.29 is 30.3 Å². The first kappa shape index (κ1) is 22.2. The number of hydrogen-bond acceptors (Lipinski definition) is 4. The molecule has 0 fully saturated rings. The van der Waals surface area contributed by atoms with Crippen molar-refractivity contribution in [2.24, 2.45) is 7.05 Å². The Morgan fingerprint density at radius 3 is 2.00 bits per heavy atom. The van der Waals surface area contributed by atoms with Crippen LogP contribution < -0.4 is 0 Å². The third kappa shape index (κ3) is 6.46. The minimum Gasteiger partial charge on any atom is -0.393 e. The number of hydrogen-bond donors (Lipinski definition) is 2. The maximum atomic E-state index is 8.56. The van der Waals surface area contributed by atoms with Crippen LogP contribution in [-0.4, -0.2) is 37.2 Å². The number of aliphatic hydroxyl groups is 2. The third-order valence-electron chi connectivity index (χ3n) is 3.54. The molecular formula is C20H24IrN3O2-. The molecule has 0 aliphatic rings. The fourth-order valence-corrected chi connectivity index (χ4v) is 2.43. The quantitative estimate of drug-likeness (QED) is 0.509. The fourth-order valence-electron chi connectivity index (χ4n) is 2.43. The van der Waals surface area contributed by atoms with E-state index in [0.717, 1.165) is 22.8 Å². The van der Waals surface area contributed by atoms with Crippen LogP contribution in [-0.2, 0) is 27.2 Å². The van der Waals surface area contributed by atoms with Crippen molar-refractivity contribution in [3.05, 3.63) is 60.7 Å². The molecule has 0 bridgehead atoms. The van der Waals surface area contributed by atoms with Gasteiger partial charge in [0, 0.05) is 32.7 Å². The number of nitrogens with zero attached hydrogens (tertiary/aromatic N) is 3. The van der Waals surface area contributed by atoms with Gasteiger partial charge in [0.25, 0.3) is 0 Å². The van der Waals surface area contributed by atoms with E-state index in [2.05, 4.69) is 16.3 Å². The van der Waals surface area contributed by atoms with Crippen molar-refractivity contribution in [1.29, 1.82) is 0 Å². The van der Waals surface area contributed by atoms with Gasteiger partial charge in [-0.25, -0.2) is 0 Å². The van der Waals surface area contributed by atoms with Gasteiger partial charge in [-0.2, -0.15) is 5.10 Å². The molecule has 1 aromatic heterocycles. The molecule has 0 spiro atoms. The second-order valence-electron chi connectivity index (χ2n) is 5.98. The minimum atomic E-state index is -0.375. The first-order valence-electron chi connectivity index (χ1n) is 8.27. The van der Waals surface area contributed by atoms with Gasteiger partial charge in [0.15, 0.2) is 5.82 Å². The molecule has 5 nitrogen and oxygen atoms in total. The standard InChI is InChI=1S/C15H12N3.C5H12O2.Ir/c1-18-14(12-8-4-2-5-9-12)16-17-15(18)13-10-6-3-7-11-13;1-4(6)3-5(2)7;/h2-10H,1H3;4-7H,3H2,1-2H3;/q-1;;. The Labute approximate surface area is 168 Å². The van der Waals surface area contributed by atoms with Crippen molar-refractivity contribution in [2.45, 2.75) is 32.5 Å². The summed E-state index contributed by atoms with van der Waals surface area (Å²) in [6, 6.07) is 21.0. The molecule has 3 rings (SSSR count). The van der Waals surface area contributed by atoms with Crippen LogP contribution in [0.3, 0.4) is 0 Å². The minimum absolute atomic E-state index is 0. The van der Waals surface area contributed by atoms with E-state index >= 15 is 0 Å². The molecular weight excluding hydrogens is 506 g/mol. The van der Waals surface area contributed by atoms with Crippen molar-refractivity contribution in [1.82, 2.24) is 14.8 Å². The summed E-state index contributed by atoms with van der Waals surface area (Å²) in [5, 5.41) is 25.6. The molecule has 0 aliphatic heterocycles. The smallest absolute Gasteiger partial charge is 0.154 e. The van der Waals surface area contributed by atoms with Gasteiger partial charge in [-0.05, 0) is 20.3 Å². The normalized spacial score (nSPS) is 12.3. The number of aromatic nitrogens is 3. The average molecular weight is 531 g/mol. The van der Waals surface area contributed by atoms with Crippen molar-refractivity contribution in [3.8, 4) is 22.8 Å². The second kappa shape index (κ2) is 11.0. The van der Waals surface area contributed by atoms with E-state index in [4.69, 9.17) is 10.2 Å². The maximum Gasteiger partial charge on any atom is 0.154 e. The van der Waals surface area contributed by atoms with Crippen molar-refractivity contribution in [3.63, 3.8) is 0 Å². The molecule has 0 aliphatic carbocycles. The summed E-state index contributed by atoms with van der Waals surface area (Å²) in [7, 11) is 1.97. The predicted molar refractivity (Wildman–Crippen MR) is 98.7 cm³/mol. The molecule has 2 unspecified atom stereocenters. The summed E-state index contributed by atoms with van der Waals surface area (Å²) in [5.74, 6) is 1.69. The Morgan fingerprint density at radius 1 is 0.923 bits per heavy atom. The average Bonchev–Trinajstić information content (AvgIpc) is 2.97. The first-order valence-corrected chi connectivity index (χ1v) is 8.27. The monoisotopic (exact) mass is 531 g/mol.